The Labute approximate surface area is 112 Å². The topological polar surface area (TPSA) is 110 Å². The largest absolute Gasteiger partial charge is 0.351 e. The Morgan fingerprint density at radius 1 is 1.16 bits per heavy atom. The van der Waals surface area contributed by atoms with Crippen LogP contribution in [-0.4, -0.2) is 18.0 Å². The van der Waals surface area contributed by atoms with E-state index < -0.39 is 12.1 Å². The fourth-order valence-electron chi connectivity index (χ4n) is 1.57. The summed E-state index contributed by atoms with van der Waals surface area (Å²) >= 11 is 0. The lowest BCUT2D eigenvalue weighted by Crippen LogP contribution is -2.35. The predicted molar refractivity (Wildman–Crippen MR) is 75.8 cm³/mol. The van der Waals surface area contributed by atoms with Crippen LogP contribution in [0.4, 0.5) is 16.2 Å². The molecule has 1 rings (SSSR count). The quantitative estimate of drug-likeness (QED) is 0.626. The van der Waals surface area contributed by atoms with E-state index in [2.05, 4.69) is 17.6 Å². The van der Waals surface area contributed by atoms with E-state index in [1.165, 1.54) is 0 Å². The Balaban J connectivity index is 2.52. The van der Waals surface area contributed by atoms with Gasteiger partial charge >= 0.3 is 6.03 Å². The molecule has 0 radical (unpaired) electrons. The lowest BCUT2D eigenvalue weighted by Gasteiger charge is -2.12. The first-order valence-corrected chi connectivity index (χ1v) is 6.26. The average Bonchev–Trinajstić information content (AvgIpc) is 2.37. The summed E-state index contributed by atoms with van der Waals surface area (Å²) in [7, 11) is 0. The van der Waals surface area contributed by atoms with Crippen molar-refractivity contribution in [3.8, 4) is 0 Å². The molecule has 3 amide bonds. The molecule has 6 N–H and O–H groups in total. The van der Waals surface area contributed by atoms with Crippen molar-refractivity contribution in [3.05, 3.63) is 24.3 Å². The molecular weight excluding hydrogens is 244 g/mol. The number of nitrogens with two attached hydrogens (primary N) is 2. The number of anilines is 2. The molecule has 1 atom stereocenters. The zero-order valence-corrected chi connectivity index (χ0v) is 11.0. The number of amides is 3. The third-order valence-electron chi connectivity index (χ3n) is 2.63. The highest BCUT2D eigenvalue weighted by molar-refractivity contribution is 5.95. The van der Waals surface area contributed by atoms with E-state index in [4.69, 9.17) is 11.5 Å². The van der Waals surface area contributed by atoms with E-state index >= 15 is 0 Å². The minimum absolute atomic E-state index is 0.205. The van der Waals surface area contributed by atoms with Gasteiger partial charge in [0.25, 0.3) is 0 Å². The first-order chi connectivity index (χ1) is 9.02. The van der Waals surface area contributed by atoms with Crippen LogP contribution < -0.4 is 22.1 Å². The Morgan fingerprint density at radius 2 is 1.68 bits per heavy atom. The molecular formula is C13H20N4O2. The Bertz CT molecular complexity index is 431. The number of carbonyl (C=O) groups excluding carboxylic acids is 2. The van der Waals surface area contributed by atoms with Gasteiger partial charge in [-0.05, 0) is 30.7 Å². The average molecular weight is 264 g/mol. The number of primary amides is 1. The number of carbonyl (C=O) groups is 2. The fraction of sp³-hybridized carbons (Fsp3) is 0.385. The smallest absolute Gasteiger partial charge is 0.316 e. The van der Waals surface area contributed by atoms with E-state index in [0.717, 1.165) is 12.8 Å². The predicted octanol–water partition coefficient (Wildman–Crippen LogP) is 1.63. The van der Waals surface area contributed by atoms with Crippen molar-refractivity contribution in [1.29, 1.82) is 0 Å². The van der Waals surface area contributed by atoms with Gasteiger partial charge in [-0.15, -0.1) is 0 Å². The van der Waals surface area contributed by atoms with Crippen LogP contribution in [-0.2, 0) is 4.79 Å². The highest BCUT2D eigenvalue weighted by atomic mass is 16.2. The molecule has 0 aliphatic rings. The second kappa shape index (κ2) is 7.38. The number of unbranched alkanes of at least 4 members (excludes halogenated alkanes) is 1. The van der Waals surface area contributed by atoms with Gasteiger partial charge in [0.2, 0.25) is 5.91 Å². The van der Waals surface area contributed by atoms with E-state index in [9.17, 15) is 9.59 Å². The molecule has 0 spiro atoms. The van der Waals surface area contributed by atoms with Crippen LogP contribution in [0.15, 0.2) is 24.3 Å². The maximum Gasteiger partial charge on any atom is 0.316 e. The van der Waals surface area contributed by atoms with Crippen LogP contribution in [0, 0.1) is 0 Å². The van der Waals surface area contributed by atoms with E-state index in [0.29, 0.717) is 17.8 Å². The first kappa shape index (κ1) is 15.0. The van der Waals surface area contributed by atoms with Gasteiger partial charge < -0.3 is 22.1 Å². The number of urea groups is 1. The van der Waals surface area contributed by atoms with Gasteiger partial charge in [0, 0.05) is 11.4 Å². The van der Waals surface area contributed by atoms with Gasteiger partial charge in [-0.1, -0.05) is 19.8 Å². The van der Waals surface area contributed by atoms with Crippen molar-refractivity contribution in [1.82, 2.24) is 0 Å². The van der Waals surface area contributed by atoms with Gasteiger partial charge in [-0.2, -0.15) is 0 Å². The van der Waals surface area contributed by atoms with E-state index in [1.807, 2.05) is 0 Å². The molecule has 0 aliphatic heterocycles. The van der Waals surface area contributed by atoms with Crippen molar-refractivity contribution < 1.29 is 9.59 Å². The van der Waals surface area contributed by atoms with Crippen molar-refractivity contribution in [2.45, 2.75) is 32.2 Å². The number of nitrogens with one attached hydrogen (secondary N) is 2. The van der Waals surface area contributed by atoms with Crippen molar-refractivity contribution in [3.63, 3.8) is 0 Å². The molecule has 0 saturated carbocycles. The highest BCUT2D eigenvalue weighted by Crippen LogP contribution is 2.13. The summed E-state index contributed by atoms with van der Waals surface area (Å²) in [5, 5.41) is 5.16. The third kappa shape index (κ3) is 5.39. The molecule has 0 aromatic heterocycles. The van der Waals surface area contributed by atoms with E-state index in [-0.39, 0.29) is 5.91 Å². The minimum Gasteiger partial charge on any atom is -0.351 e. The fourth-order valence-corrected chi connectivity index (χ4v) is 1.57. The number of benzene rings is 1. The Hall–Kier alpha value is -2.08. The zero-order chi connectivity index (χ0) is 14.3. The van der Waals surface area contributed by atoms with Crippen molar-refractivity contribution in [2.24, 2.45) is 11.5 Å². The van der Waals surface area contributed by atoms with Crippen LogP contribution in [0.5, 0.6) is 0 Å². The summed E-state index contributed by atoms with van der Waals surface area (Å²) in [6, 6.07) is 5.53. The maximum atomic E-state index is 11.8. The molecule has 1 aromatic rings. The summed E-state index contributed by atoms with van der Waals surface area (Å²) in [6.07, 6.45) is 2.61. The lowest BCUT2D eigenvalue weighted by atomic mass is 10.1. The van der Waals surface area contributed by atoms with Gasteiger partial charge in [0.15, 0.2) is 0 Å². The highest BCUT2D eigenvalue weighted by Gasteiger charge is 2.12. The third-order valence-corrected chi connectivity index (χ3v) is 2.63. The molecule has 0 saturated heterocycles. The zero-order valence-electron chi connectivity index (χ0n) is 11.0. The normalized spacial score (nSPS) is 11.7. The number of hydrogen-bond acceptors (Lipinski definition) is 3. The monoisotopic (exact) mass is 264 g/mol. The first-order valence-electron chi connectivity index (χ1n) is 6.26. The van der Waals surface area contributed by atoms with Gasteiger partial charge in [-0.3, -0.25) is 4.79 Å². The SMILES string of the molecule is CCCC[C@H](N)C(=O)Nc1ccc(NC(N)=O)cc1. The molecule has 19 heavy (non-hydrogen) atoms. The number of rotatable bonds is 6. The second-order valence-corrected chi connectivity index (χ2v) is 4.30. The van der Waals surface area contributed by atoms with Crippen molar-refractivity contribution >= 4 is 23.3 Å². The summed E-state index contributed by atoms with van der Waals surface area (Å²) in [5.74, 6) is -0.205. The molecule has 0 unspecified atom stereocenters. The molecule has 0 aliphatic carbocycles. The van der Waals surface area contributed by atoms with Gasteiger partial charge in [0.1, 0.15) is 0 Å². The second-order valence-electron chi connectivity index (χ2n) is 4.30. The van der Waals surface area contributed by atoms with Crippen LogP contribution in [0.3, 0.4) is 0 Å². The molecule has 1 aromatic carbocycles. The summed E-state index contributed by atoms with van der Waals surface area (Å²) in [5.41, 5.74) is 12.0. The molecule has 0 bridgehead atoms. The summed E-state index contributed by atoms with van der Waals surface area (Å²) in [4.78, 5) is 22.4. The molecule has 104 valence electrons. The van der Waals surface area contributed by atoms with Gasteiger partial charge in [-0.25, -0.2) is 4.79 Å². The van der Waals surface area contributed by atoms with Crippen LogP contribution in [0.1, 0.15) is 26.2 Å². The summed E-state index contributed by atoms with van der Waals surface area (Å²) in [6.45, 7) is 2.05. The lowest BCUT2D eigenvalue weighted by molar-refractivity contribution is -0.117. The molecule has 6 nitrogen and oxygen atoms in total. The van der Waals surface area contributed by atoms with Crippen LogP contribution in [0.2, 0.25) is 0 Å². The van der Waals surface area contributed by atoms with Crippen LogP contribution in [0.25, 0.3) is 0 Å². The Morgan fingerprint density at radius 3 is 2.16 bits per heavy atom. The van der Waals surface area contributed by atoms with Gasteiger partial charge in [0.05, 0.1) is 6.04 Å². The molecule has 0 heterocycles. The minimum atomic E-state index is -0.627. The van der Waals surface area contributed by atoms with Crippen molar-refractivity contribution in [2.75, 3.05) is 10.6 Å². The molecule has 6 heteroatoms. The summed E-state index contributed by atoms with van der Waals surface area (Å²) < 4.78 is 0. The van der Waals surface area contributed by atoms with Crippen LogP contribution >= 0.6 is 0 Å². The maximum absolute atomic E-state index is 11.8. The number of hydrogen-bond donors (Lipinski definition) is 4. The Kier molecular flexibility index (Phi) is 5.81. The molecule has 0 fully saturated rings. The standard InChI is InChI=1S/C13H20N4O2/c1-2-3-4-11(14)12(18)16-9-5-7-10(8-6-9)17-13(15)19/h5-8,11H,2-4,14H2,1H3,(H,16,18)(H3,15,17,19)/t11-/m0/s1. The van der Waals surface area contributed by atoms with E-state index in [1.54, 1.807) is 24.3 Å².